The van der Waals surface area contributed by atoms with Crippen LogP contribution in [0, 0.1) is 5.92 Å². The maximum absolute atomic E-state index is 12.4. The predicted octanol–water partition coefficient (Wildman–Crippen LogP) is 3.09. The van der Waals surface area contributed by atoms with Crippen LogP contribution >= 0.6 is 0 Å². The van der Waals surface area contributed by atoms with Gasteiger partial charge in [0.1, 0.15) is 5.76 Å². The number of furan rings is 1. The summed E-state index contributed by atoms with van der Waals surface area (Å²) >= 11 is 0. The van der Waals surface area contributed by atoms with Crippen molar-refractivity contribution in [1.29, 1.82) is 0 Å². The number of carbonyl (C=O) groups excluding carboxylic acids is 1. The van der Waals surface area contributed by atoms with Crippen molar-refractivity contribution in [3.05, 3.63) is 59.5 Å². The highest BCUT2D eigenvalue weighted by molar-refractivity contribution is 5.95. The van der Waals surface area contributed by atoms with E-state index in [0.717, 1.165) is 55.9 Å². The number of hydrogen-bond donors (Lipinski definition) is 1. The van der Waals surface area contributed by atoms with Gasteiger partial charge in [-0.3, -0.25) is 9.69 Å². The minimum atomic E-state index is 0.0481. The number of likely N-dealkylation sites (tertiary alicyclic amines) is 1. The average molecular weight is 312 g/mol. The summed E-state index contributed by atoms with van der Waals surface area (Å²) in [5.74, 6) is 1.57. The van der Waals surface area contributed by atoms with Crippen LogP contribution in [0.1, 0.15) is 35.0 Å². The summed E-state index contributed by atoms with van der Waals surface area (Å²) in [5, 5.41) is 3.11. The lowest BCUT2D eigenvalue weighted by molar-refractivity contribution is 0.0946. The number of amides is 1. The average Bonchev–Trinajstić information content (AvgIpc) is 3.25. The van der Waals surface area contributed by atoms with Crippen LogP contribution in [0.5, 0.6) is 0 Å². The van der Waals surface area contributed by atoms with Gasteiger partial charge in [0.25, 0.3) is 5.91 Å². The van der Waals surface area contributed by atoms with E-state index in [1.165, 1.54) is 0 Å². The van der Waals surface area contributed by atoms with Crippen LogP contribution < -0.4 is 5.32 Å². The topological polar surface area (TPSA) is 45.5 Å². The van der Waals surface area contributed by atoms with Crippen molar-refractivity contribution in [2.75, 3.05) is 19.6 Å². The molecule has 1 saturated heterocycles. The zero-order valence-corrected chi connectivity index (χ0v) is 13.6. The summed E-state index contributed by atoms with van der Waals surface area (Å²) in [7, 11) is 0. The van der Waals surface area contributed by atoms with E-state index in [4.69, 9.17) is 4.42 Å². The van der Waals surface area contributed by atoms with E-state index in [-0.39, 0.29) is 5.91 Å². The molecule has 0 radical (unpaired) electrons. The van der Waals surface area contributed by atoms with E-state index in [1.807, 2.05) is 36.4 Å². The van der Waals surface area contributed by atoms with Gasteiger partial charge in [0.05, 0.1) is 12.8 Å². The molecule has 1 aromatic carbocycles. The second-order valence-corrected chi connectivity index (χ2v) is 6.19. The lowest BCUT2D eigenvalue weighted by atomic mass is 10.0. The molecule has 122 valence electrons. The van der Waals surface area contributed by atoms with Crippen molar-refractivity contribution < 1.29 is 9.21 Å². The van der Waals surface area contributed by atoms with Gasteiger partial charge < -0.3 is 9.73 Å². The molecule has 4 heteroatoms. The minimum Gasteiger partial charge on any atom is -0.468 e. The molecule has 2 aromatic rings. The molecule has 1 aliphatic rings. The van der Waals surface area contributed by atoms with Crippen LogP contribution in [0.3, 0.4) is 0 Å². The molecule has 1 amide bonds. The molecule has 3 rings (SSSR count). The maximum atomic E-state index is 12.4. The van der Waals surface area contributed by atoms with Crippen molar-refractivity contribution in [3.63, 3.8) is 0 Å². The smallest absolute Gasteiger partial charge is 0.251 e. The van der Waals surface area contributed by atoms with Crippen molar-refractivity contribution in [1.82, 2.24) is 10.2 Å². The molecule has 0 spiro atoms. The number of rotatable bonds is 6. The highest BCUT2D eigenvalue weighted by Gasteiger charge is 2.23. The molecular formula is C19H24N2O2. The van der Waals surface area contributed by atoms with Crippen LogP contribution in [-0.4, -0.2) is 30.4 Å². The van der Waals surface area contributed by atoms with Crippen molar-refractivity contribution >= 4 is 5.91 Å². The Morgan fingerprint density at radius 2 is 2.17 bits per heavy atom. The van der Waals surface area contributed by atoms with Gasteiger partial charge in [-0.15, -0.1) is 0 Å². The number of nitrogens with zero attached hydrogens (tertiary/aromatic N) is 1. The Morgan fingerprint density at radius 1 is 1.30 bits per heavy atom. The number of hydrogen-bond acceptors (Lipinski definition) is 3. The van der Waals surface area contributed by atoms with E-state index >= 15 is 0 Å². The van der Waals surface area contributed by atoms with Gasteiger partial charge in [0, 0.05) is 18.7 Å². The van der Waals surface area contributed by atoms with Crippen molar-refractivity contribution in [3.8, 4) is 0 Å². The monoisotopic (exact) mass is 312 g/mol. The minimum absolute atomic E-state index is 0.0481. The number of carbonyl (C=O) groups is 1. The first-order valence-electron chi connectivity index (χ1n) is 8.37. The molecule has 1 atom stereocenters. The summed E-state index contributed by atoms with van der Waals surface area (Å²) in [6.07, 6.45) is 3.72. The SMILES string of the molecule is CCc1ccccc1C(=O)NC[C@H]1CCN(Cc2ccco2)C1. The van der Waals surface area contributed by atoms with Gasteiger partial charge in [0.15, 0.2) is 0 Å². The van der Waals surface area contributed by atoms with E-state index in [9.17, 15) is 4.79 Å². The third-order valence-corrected chi connectivity index (χ3v) is 4.52. The number of aryl methyl sites for hydroxylation is 1. The lowest BCUT2D eigenvalue weighted by Crippen LogP contribution is -2.31. The Morgan fingerprint density at radius 3 is 2.96 bits per heavy atom. The van der Waals surface area contributed by atoms with Gasteiger partial charge >= 0.3 is 0 Å². The Bertz CT molecular complexity index is 637. The summed E-state index contributed by atoms with van der Waals surface area (Å²) in [6.45, 7) is 5.75. The normalized spacial score (nSPS) is 18.2. The zero-order valence-electron chi connectivity index (χ0n) is 13.6. The Hall–Kier alpha value is -2.07. The third kappa shape index (κ3) is 4.02. The third-order valence-electron chi connectivity index (χ3n) is 4.52. The molecule has 0 aliphatic carbocycles. The van der Waals surface area contributed by atoms with Gasteiger partial charge in [-0.2, -0.15) is 0 Å². The zero-order chi connectivity index (χ0) is 16.1. The largest absolute Gasteiger partial charge is 0.468 e. The van der Waals surface area contributed by atoms with Crippen molar-refractivity contribution in [2.24, 2.45) is 5.92 Å². The highest BCUT2D eigenvalue weighted by atomic mass is 16.3. The maximum Gasteiger partial charge on any atom is 0.251 e. The van der Waals surface area contributed by atoms with Crippen LogP contribution in [0.4, 0.5) is 0 Å². The predicted molar refractivity (Wildman–Crippen MR) is 90.2 cm³/mol. The molecule has 0 saturated carbocycles. The van der Waals surface area contributed by atoms with E-state index in [1.54, 1.807) is 6.26 Å². The van der Waals surface area contributed by atoms with Crippen LogP contribution in [-0.2, 0) is 13.0 Å². The fourth-order valence-electron chi connectivity index (χ4n) is 3.23. The van der Waals surface area contributed by atoms with Gasteiger partial charge in [-0.25, -0.2) is 0 Å². The molecule has 0 unspecified atom stereocenters. The van der Waals surface area contributed by atoms with E-state index in [0.29, 0.717) is 5.92 Å². The van der Waals surface area contributed by atoms with Crippen molar-refractivity contribution in [2.45, 2.75) is 26.3 Å². The van der Waals surface area contributed by atoms with Crippen LogP contribution in [0.25, 0.3) is 0 Å². The Balaban J connectivity index is 1.48. The standard InChI is InChI=1S/C19H24N2O2/c1-2-16-6-3-4-8-18(16)19(22)20-12-15-9-10-21(13-15)14-17-7-5-11-23-17/h3-8,11,15H,2,9-10,12-14H2,1H3,(H,20,22)/t15-/m1/s1. The summed E-state index contributed by atoms with van der Waals surface area (Å²) < 4.78 is 5.40. The van der Waals surface area contributed by atoms with Gasteiger partial charge in [-0.1, -0.05) is 25.1 Å². The molecule has 1 fully saturated rings. The Labute approximate surface area is 137 Å². The molecule has 1 N–H and O–H groups in total. The fourth-order valence-corrected chi connectivity index (χ4v) is 3.23. The summed E-state index contributed by atoms with van der Waals surface area (Å²) in [5.41, 5.74) is 1.91. The highest BCUT2D eigenvalue weighted by Crippen LogP contribution is 2.18. The first-order valence-corrected chi connectivity index (χ1v) is 8.37. The molecule has 4 nitrogen and oxygen atoms in total. The Kier molecular flexibility index (Phi) is 5.13. The first kappa shape index (κ1) is 15.8. The van der Waals surface area contributed by atoms with E-state index in [2.05, 4.69) is 17.1 Å². The van der Waals surface area contributed by atoms with Crippen LogP contribution in [0.2, 0.25) is 0 Å². The quantitative estimate of drug-likeness (QED) is 0.891. The molecule has 1 aliphatic heterocycles. The summed E-state index contributed by atoms with van der Waals surface area (Å²) in [6, 6.07) is 11.8. The molecular weight excluding hydrogens is 288 g/mol. The molecule has 23 heavy (non-hydrogen) atoms. The summed E-state index contributed by atoms with van der Waals surface area (Å²) in [4.78, 5) is 14.8. The van der Waals surface area contributed by atoms with E-state index < -0.39 is 0 Å². The lowest BCUT2D eigenvalue weighted by Gasteiger charge is -2.15. The second kappa shape index (κ2) is 7.47. The van der Waals surface area contributed by atoms with Gasteiger partial charge in [0.2, 0.25) is 0 Å². The fraction of sp³-hybridized carbons (Fsp3) is 0.421. The van der Waals surface area contributed by atoms with Crippen LogP contribution in [0.15, 0.2) is 47.1 Å². The molecule has 0 bridgehead atoms. The first-order chi connectivity index (χ1) is 11.3. The molecule has 2 heterocycles. The van der Waals surface area contributed by atoms with Gasteiger partial charge in [-0.05, 0) is 49.1 Å². The number of benzene rings is 1. The second-order valence-electron chi connectivity index (χ2n) is 6.19. The number of nitrogens with one attached hydrogen (secondary N) is 1. The molecule has 1 aromatic heterocycles.